The molecule has 5 heterocycles. The fourth-order valence-corrected chi connectivity index (χ4v) is 6.07. The van der Waals surface area contributed by atoms with Crippen LogP contribution in [0.15, 0.2) is 61.3 Å². The Morgan fingerprint density at radius 2 is 2.00 bits per heavy atom. The zero-order chi connectivity index (χ0) is 25.6. The third-order valence-corrected chi connectivity index (χ3v) is 8.57. The van der Waals surface area contributed by atoms with E-state index in [1.165, 1.54) is 17.7 Å². The van der Waals surface area contributed by atoms with Crippen molar-refractivity contribution >= 4 is 32.4 Å². The number of rotatable bonds is 6. The van der Waals surface area contributed by atoms with Gasteiger partial charge in [0.05, 0.1) is 12.1 Å². The number of nitrogens with zero attached hydrogens (tertiary/aromatic N) is 7. The molecule has 0 saturated carbocycles. The second kappa shape index (κ2) is 9.21. The summed E-state index contributed by atoms with van der Waals surface area (Å²) in [5, 5.41) is 10.3. The maximum atomic E-state index is 12.2. The normalized spacial score (nSPS) is 15.6. The van der Waals surface area contributed by atoms with Crippen molar-refractivity contribution in [2.75, 3.05) is 25.9 Å². The Bertz CT molecular complexity index is 1690. The van der Waals surface area contributed by atoms with Crippen molar-refractivity contribution in [1.29, 1.82) is 0 Å². The molecule has 5 aromatic rings. The first-order valence-electron chi connectivity index (χ1n) is 12.1. The van der Waals surface area contributed by atoms with Crippen molar-refractivity contribution in [3.8, 4) is 11.1 Å². The van der Waals surface area contributed by atoms with Gasteiger partial charge in [-0.3, -0.25) is 9.67 Å². The zero-order valence-electron chi connectivity index (χ0n) is 20.3. The minimum atomic E-state index is -3.43. The van der Waals surface area contributed by atoms with Crippen molar-refractivity contribution in [3.05, 3.63) is 72.6 Å². The van der Waals surface area contributed by atoms with Gasteiger partial charge in [0.1, 0.15) is 11.8 Å². The van der Waals surface area contributed by atoms with Gasteiger partial charge in [0, 0.05) is 61.3 Å². The summed E-state index contributed by atoms with van der Waals surface area (Å²) in [4.78, 5) is 8.43. The molecule has 12 heteroatoms. The molecule has 0 aliphatic carbocycles. The average Bonchev–Trinajstić information content (AvgIpc) is 3.51. The molecule has 1 fully saturated rings. The van der Waals surface area contributed by atoms with Crippen LogP contribution in [-0.2, 0) is 16.8 Å². The minimum Gasteiger partial charge on any atom is -0.382 e. The predicted octanol–water partition coefficient (Wildman–Crippen LogP) is 2.42. The second-order valence-corrected chi connectivity index (χ2v) is 11.1. The van der Waals surface area contributed by atoms with E-state index >= 15 is 0 Å². The predicted molar refractivity (Wildman–Crippen MR) is 141 cm³/mol. The van der Waals surface area contributed by atoms with Gasteiger partial charge >= 0.3 is 0 Å². The zero-order valence-corrected chi connectivity index (χ0v) is 21.1. The number of anilines is 1. The van der Waals surface area contributed by atoms with Gasteiger partial charge in [-0.25, -0.2) is 14.2 Å². The highest BCUT2D eigenvalue weighted by atomic mass is 32.2. The van der Waals surface area contributed by atoms with Crippen LogP contribution in [0.25, 0.3) is 27.5 Å². The summed E-state index contributed by atoms with van der Waals surface area (Å²) < 4.78 is 32.1. The molecule has 0 bridgehead atoms. The molecule has 1 aliphatic heterocycles. The summed E-state index contributed by atoms with van der Waals surface area (Å²) in [6.07, 6.45) is 8.46. The Labute approximate surface area is 214 Å². The van der Waals surface area contributed by atoms with Crippen molar-refractivity contribution in [2.24, 2.45) is 0 Å². The van der Waals surface area contributed by atoms with Gasteiger partial charge in [-0.05, 0) is 42.2 Å². The number of aromatic nitrogens is 6. The number of piperidine rings is 1. The maximum absolute atomic E-state index is 12.2. The second-order valence-electron chi connectivity index (χ2n) is 9.23. The molecular formula is C25H27N9O2S. The van der Waals surface area contributed by atoms with E-state index in [1.807, 2.05) is 33.7 Å². The van der Waals surface area contributed by atoms with Crippen LogP contribution in [0.5, 0.6) is 0 Å². The van der Waals surface area contributed by atoms with E-state index < -0.39 is 10.2 Å². The third-order valence-electron chi connectivity index (χ3n) is 7.01. The van der Waals surface area contributed by atoms with E-state index in [1.54, 1.807) is 6.20 Å². The fraction of sp³-hybridized carbons (Fsp3) is 0.280. The number of nitrogens with two attached hydrogens (primary N) is 1. The maximum Gasteiger partial charge on any atom is 0.279 e. The lowest BCUT2D eigenvalue weighted by Gasteiger charge is -2.30. The number of hydrogen-bond acceptors (Lipinski definition) is 7. The van der Waals surface area contributed by atoms with E-state index in [9.17, 15) is 8.42 Å². The highest BCUT2D eigenvalue weighted by Gasteiger charge is 2.30. The number of pyridine rings is 1. The van der Waals surface area contributed by atoms with E-state index in [0.717, 1.165) is 38.8 Å². The van der Waals surface area contributed by atoms with Crippen LogP contribution in [0.3, 0.4) is 0 Å². The lowest BCUT2D eigenvalue weighted by Crippen LogP contribution is -2.43. The molecule has 0 spiro atoms. The first-order valence-corrected chi connectivity index (χ1v) is 13.5. The molecule has 37 heavy (non-hydrogen) atoms. The molecule has 0 amide bonds. The van der Waals surface area contributed by atoms with Crippen LogP contribution < -0.4 is 10.5 Å². The fourth-order valence-electron chi connectivity index (χ4n) is 5.12. The van der Waals surface area contributed by atoms with E-state index in [4.69, 9.17) is 10.8 Å². The molecule has 1 aromatic carbocycles. The standard InChI is InChI=1S/C25H27N9O2S/c1-27-37(35,36)33-9-6-18(7-10-33)23-12-21(24-25(26)29-16-30-34(23)24)19-4-5-20-15-32(31-22(20)11-19)14-17-3-2-8-28-13-17/h2-5,8,11-13,15-16,18,27H,6-7,9-10,14H2,1H3,(H2,26,29,30). The molecular weight excluding hydrogens is 490 g/mol. The number of nitrogen functional groups attached to an aromatic ring is 1. The molecule has 0 radical (unpaired) electrons. The van der Waals surface area contributed by atoms with Crippen molar-refractivity contribution in [2.45, 2.75) is 25.3 Å². The number of hydrogen-bond donors (Lipinski definition) is 2. The van der Waals surface area contributed by atoms with Gasteiger partial charge in [0.2, 0.25) is 0 Å². The summed E-state index contributed by atoms with van der Waals surface area (Å²) in [5.41, 5.74) is 12.0. The monoisotopic (exact) mass is 517 g/mol. The third kappa shape index (κ3) is 4.32. The molecule has 11 nitrogen and oxygen atoms in total. The van der Waals surface area contributed by atoms with E-state index in [0.29, 0.717) is 38.3 Å². The molecule has 190 valence electrons. The Morgan fingerprint density at radius 3 is 2.76 bits per heavy atom. The summed E-state index contributed by atoms with van der Waals surface area (Å²) in [7, 11) is -2.00. The van der Waals surface area contributed by atoms with Crippen LogP contribution in [0, 0.1) is 0 Å². The Kier molecular flexibility index (Phi) is 5.86. The number of benzene rings is 1. The molecule has 0 atom stereocenters. The summed E-state index contributed by atoms with van der Waals surface area (Å²) >= 11 is 0. The molecule has 0 unspecified atom stereocenters. The minimum absolute atomic E-state index is 0.140. The van der Waals surface area contributed by atoms with Crippen LogP contribution in [-0.4, -0.2) is 62.2 Å². The highest BCUT2D eigenvalue weighted by molar-refractivity contribution is 7.87. The topological polar surface area (TPSA) is 136 Å². The van der Waals surface area contributed by atoms with Gasteiger partial charge in [-0.2, -0.15) is 22.9 Å². The first-order chi connectivity index (χ1) is 17.9. The lowest BCUT2D eigenvalue weighted by atomic mass is 9.94. The highest BCUT2D eigenvalue weighted by Crippen LogP contribution is 2.37. The smallest absolute Gasteiger partial charge is 0.279 e. The summed E-state index contributed by atoms with van der Waals surface area (Å²) in [5.74, 6) is 0.537. The number of nitrogens with one attached hydrogen (secondary N) is 1. The van der Waals surface area contributed by atoms with Gasteiger partial charge in [-0.15, -0.1) is 0 Å². The molecule has 3 N–H and O–H groups in total. The van der Waals surface area contributed by atoms with Crippen molar-refractivity contribution < 1.29 is 8.42 Å². The lowest BCUT2D eigenvalue weighted by molar-refractivity contribution is 0.312. The van der Waals surface area contributed by atoms with Gasteiger partial charge in [-0.1, -0.05) is 18.2 Å². The molecule has 1 saturated heterocycles. The summed E-state index contributed by atoms with van der Waals surface area (Å²) in [6, 6.07) is 12.2. The number of fused-ring (bicyclic) bond motifs is 2. The van der Waals surface area contributed by atoms with Crippen molar-refractivity contribution in [3.63, 3.8) is 0 Å². The van der Waals surface area contributed by atoms with Crippen LogP contribution >= 0.6 is 0 Å². The van der Waals surface area contributed by atoms with Gasteiger partial charge in [0.25, 0.3) is 10.2 Å². The molecule has 1 aliphatic rings. The van der Waals surface area contributed by atoms with Crippen LogP contribution in [0.4, 0.5) is 5.82 Å². The largest absolute Gasteiger partial charge is 0.382 e. The van der Waals surface area contributed by atoms with E-state index in [-0.39, 0.29) is 5.92 Å². The van der Waals surface area contributed by atoms with Gasteiger partial charge in [0.15, 0.2) is 5.82 Å². The Hall–Kier alpha value is -3.87. The van der Waals surface area contributed by atoms with Crippen LogP contribution in [0.2, 0.25) is 0 Å². The summed E-state index contributed by atoms with van der Waals surface area (Å²) in [6.45, 7) is 1.52. The quantitative estimate of drug-likeness (QED) is 0.353. The molecule has 6 rings (SSSR count). The Balaban J connectivity index is 1.35. The average molecular weight is 518 g/mol. The van der Waals surface area contributed by atoms with Crippen molar-refractivity contribution in [1.82, 2.24) is 38.4 Å². The molecule has 4 aromatic heterocycles. The first kappa shape index (κ1) is 23.5. The van der Waals surface area contributed by atoms with E-state index in [2.05, 4.69) is 44.1 Å². The van der Waals surface area contributed by atoms with Crippen LogP contribution in [0.1, 0.15) is 30.0 Å². The Morgan fingerprint density at radius 1 is 1.16 bits per heavy atom. The van der Waals surface area contributed by atoms with Gasteiger partial charge < -0.3 is 5.73 Å². The SMILES string of the molecule is CNS(=O)(=O)N1CCC(c2cc(-c3ccc4cn(Cc5cccnc5)nc4c3)c3c(N)ncnn23)CC1.